The van der Waals surface area contributed by atoms with Crippen LogP contribution in [-0.2, 0) is 11.3 Å². The first kappa shape index (κ1) is 18.3. The number of halogens is 2. The van der Waals surface area contributed by atoms with Gasteiger partial charge in [0, 0.05) is 23.9 Å². The van der Waals surface area contributed by atoms with Gasteiger partial charge in [-0.3, -0.25) is 9.10 Å². The van der Waals surface area contributed by atoms with E-state index in [0.29, 0.717) is 27.4 Å². The van der Waals surface area contributed by atoms with Gasteiger partial charge in [0.1, 0.15) is 9.34 Å². The molecule has 1 aromatic carbocycles. The Morgan fingerprint density at radius 1 is 1.22 bits per heavy atom. The molecule has 3 rings (SSSR count). The minimum atomic E-state index is 0.00901. The van der Waals surface area contributed by atoms with E-state index in [0.717, 1.165) is 10.6 Å². The lowest BCUT2D eigenvalue weighted by Gasteiger charge is -2.22. The fraction of sp³-hybridized carbons (Fsp3) is 0.250. The van der Waals surface area contributed by atoms with Crippen molar-refractivity contribution in [1.29, 1.82) is 0 Å². The van der Waals surface area contributed by atoms with E-state index in [2.05, 4.69) is 4.98 Å². The molecule has 2 heterocycles. The van der Waals surface area contributed by atoms with Gasteiger partial charge in [-0.1, -0.05) is 67.4 Å². The van der Waals surface area contributed by atoms with E-state index in [1.807, 2.05) is 44.2 Å². The molecule has 0 radical (unpaired) electrons. The molecule has 1 aliphatic rings. The molecule has 1 aromatic heterocycles. The van der Waals surface area contributed by atoms with Gasteiger partial charge in [-0.2, -0.15) is 0 Å². The Labute approximate surface area is 154 Å². The molecule has 0 saturated heterocycles. The van der Waals surface area contributed by atoms with Crippen molar-refractivity contribution in [3.63, 3.8) is 0 Å². The summed E-state index contributed by atoms with van der Waals surface area (Å²) in [6.45, 7) is 4.36. The minimum Gasteiger partial charge on any atom is -0.275 e. The van der Waals surface area contributed by atoms with Gasteiger partial charge >= 0.3 is 0 Å². The maximum atomic E-state index is 11.9. The van der Waals surface area contributed by atoms with E-state index >= 15 is 0 Å². The molecule has 0 spiro atoms. The van der Waals surface area contributed by atoms with E-state index in [-0.39, 0.29) is 5.91 Å². The number of carbonyl (C=O) groups is 1. The molecule has 1 amide bonds. The predicted molar refractivity (Wildman–Crippen MR) is 101 cm³/mol. The van der Waals surface area contributed by atoms with Gasteiger partial charge in [-0.25, -0.2) is 4.98 Å². The summed E-state index contributed by atoms with van der Waals surface area (Å²) >= 11 is 14.9. The molecule has 122 valence electrons. The maximum Gasteiger partial charge on any atom is 0.236 e. The summed E-state index contributed by atoms with van der Waals surface area (Å²) in [4.78, 5) is 16.4. The van der Waals surface area contributed by atoms with Crippen LogP contribution in [0.1, 0.15) is 26.0 Å². The zero-order chi connectivity index (χ0) is 16.8. The van der Waals surface area contributed by atoms with Gasteiger partial charge in [-0.05, 0) is 6.08 Å². The molecule has 3 nitrogen and oxygen atoms in total. The summed E-state index contributed by atoms with van der Waals surface area (Å²) in [6, 6.07) is 9.84. The number of nitrogens with zero attached hydrogens (tertiary/aromatic N) is 2. The Balaban J connectivity index is 0.000000924. The number of hydrogen-bond donors (Lipinski definition) is 0. The number of benzene rings is 1. The van der Waals surface area contributed by atoms with Gasteiger partial charge in [0.25, 0.3) is 0 Å². The Kier molecular flexibility index (Phi) is 6.96. The molecule has 0 fully saturated rings. The summed E-state index contributed by atoms with van der Waals surface area (Å²) < 4.78 is 2.80. The van der Waals surface area contributed by atoms with E-state index in [1.54, 1.807) is 10.4 Å². The summed E-state index contributed by atoms with van der Waals surface area (Å²) in [5.41, 5.74) is 1.72. The minimum absolute atomic E-state index is 0.00901. The number of rotatable bonds is 3. The Morgan fingerprint density at radius 2 is 1.91 bits per heavy atom. The van der Waals surface area contributed by atoms with Crippen molar-refractivity contribution < 1.29 is 4.79 Å². The second-order valence-electron chi connectivity index (χ2n) is 4.34. The molecule has 7 heteroatoms. The van der Waals surface area contributed by atoms with Crippen LogP contribution in [0.3, 0.4) is 0 Å². The van der Waals surface area contributed by atoms with Crippen LogP contribution in [0.25, 0.3) is 10.6 Å². The zero-order valence-electron chi connectivity index (χ0n) is 12.8. The van der Waals surface area contributed by atoms with E-state index < -0.39 is 0 Å². The first-order valence-corrected chi connectivity index (χ1v) is 9.52. The molecule has 23 heavy (non-hydrogen) atoms. The molecule has 0 aliphatic carbocycles. The predicted octanol–water partition coefficient (Wildman–Crippen LogP) is 5.95. The van der Waals surface area contributed by atoms with E-state index in [4.69, 9.17) is 23.2 Å². The molecule has 1 aliphatic heterocycles. The van der Waals surface area contributed by atoms with E-state index in [9.17, 15) is 4.79 Å². The summed E-state index contributed by atoms with van der Waals surface area (Å²) in [7, 11) is 0. The highest BCUT2D eigenvalue weighted by Crippen LogP contribution is 2.36. The van der Waals surface area contributed by atoms with Crippen LogP contribution in [0.15, 0.2) is 40.8 Å². The zero-order valence-corrected chi connectivity index (χ0v) is 15.9. The maximum absolute atomic E-state index is 11.9. The molecule has 0 atom stereocenters. The van der Waals surface area contributed by atoms with E-state index in [1.165, 1.54) is 23.3 Å². The van der Waals surface area contributed by atoms with Crippen molar-refractivity contribution >= 4 is 52.4 Å². The number of hydrogen-bond acceptors (Lipinski definition) is 4. The molecule has 2 aromatic rings. The van der Waals surface area contributed by atoms with Crippen LogP contribution >= 0.6 is 46.5 Å². The number of aromatic nitrogens is 1. The third kappa shape index (κ3) is 4.73. The second-order valence-corrected chi connectivity index (χ2v) is 7.64. The Hall–Kier alpha value is -1.01. The smallest absolute Gasteiger partial charge is 0.236 e. The van der Waals surface area contributed by atoms with Crippen molar-refractivity contribution in [2.24, 2.45) is 0 Å². The average molecular weight is 387 g/mol. The lowest BCUT2D eigenvalue weighted by molar-refractivity contribution is -0.125. The topological polar surface area (TPSA) is 33.2 Å². The van der Waals surface area contributed by atoms with Crippen molar-refractivity contribution in [2.75, 3.05) is 0 Å². The molecular weight excluding hydrogens is 371 g/mol. The van der Waals surface area contributed by atoms with Crippen molar-refractivity contribution in [3.05, 3.63) is 50.8 Å². The van der Waals surface area contributed by atoms with Crippen LogP contribution in [0.2, 0.25) is 4.34 Å². The Morgan fingerprint density at radius 3 is 2.61 bits per heavy atom. The van der Waals surface area contributed by atoms with Crippen LogP contribution < -0.4 is 0 Å². The highest BCUT2D eigenvalue weighted by Gasteiger charge is 2.22. The van der Waals surface area contributed by atoms with Crippen molar-refractivity contribution in [2.45, 2.75) is 26.8 Å². The summed E-state index contributed by atoms with van der Waals surface area (Å²) in [5.74, 6) is 0.00901. The Bertz CT molecular complexity index is 701. The largest absolute Gasteiger partial charge is 0.275 e. The highest BCUT2D eigenvalue weighted by atomic mass is 35.5. The monoisotopic (exact) mass is 386 g/mol. The fourth-order valence-corrected chi connectivity index (χ4v) is 4.04. The molecule has 0 N–H and O–H groups in total. The van der Waals surface area contributed by atoms with Crippen LogP contribution in [0.5, 0.6) is 0 Å². The molecule has 0 unspecified atom stereocenters. The standard InChI is InChI=1S/C14H10Cl2N2OS2.C2H6/c15-11-6-7-12(19)18(21-11)8-10-13(16)20-14(17-10)9-4-2-1-3-5-9;1-2/h1-6H,7-8H2;1-2H3. The van der Waals surface area contributed by atoms with Gasteiger partial charge in [0.15, 0.2) is 0 Å². The molecular formula is C16H16Cl2N2OS2. The first-order valence-electron chi connectivity index (χ1n) is 7.18. The number of amides is 1. The van der Waals surface area contributed by atoms with Crippen LogP contribution in [0, 0.1) is 0 Å². The van der Waals surface area contributed by atoms with Gasteiger partial charge in [0.05, 0.1) is 16.6 Å². The van der Waals surface area contributed by atoms with Gasteiger partial charge in [0.2, 0.25) is 5.91 Å². The quantitative estimate of drug-likeness (QED) is 0.610. The summed E-state index contributed by atoms with van der Waals surface area (Å²) in [6.07, 6.45) is 2.03. The normalized spacial score (nSPS) is 14.2. The van der Waals surface area contributed by atoms with Crippen LogP contribution in [0.4, 0.5) is 0 Å². The molecule has 0 bridgehead atoms. The second kappa shape index (κ2) is 8.73. The van der Waals surface area contributed by atoms with Gasteiger partial charge < -0.3 is 0 Å². The lowest BCUT2D eigenvalue weighted by Crippen LogP contribution is -2.25. The van der Waals surface area contributed by atoms with Crippen molar-refractivity contribution in [1.82, 2.24) is 9.29 Å². The fourth-order valence-electron chi connectivity index (χ4n) is 1.85. The third-order valence-corrected chi connectivity index (χ3v) is 5.52. The first-order chi connectivity index (χ1) is 11.1. The number of carbonyl (C=O) groups excluding carboxylic acids is 1. The highest BCUT2D eigenvalue weighted by molar-refractivity contribution is 8.02. The van der Waals surface area contributed by atoms with Crippen molar-refractivity contribution in [3.8, 4) is 10.6 Å². The number of thiazole rings is 1. The average Bonchev–Trinajstić information content (AvgIpc) is 2.95. The van der Waals surface area contributed by atoms with Gasteiger partial charge in [-0.15, -0.1) is 11.3 Å². The molecule has 0 saturated carbocycles. The SMILES string of the molecule is CC.O=C1CC=C(Cl)SN1Cc1nc(-c2ccccc2)sc1Cl. The summed E-state index contributed by atoms with van der Waals surface area (Å²) in [5, 5.41) is 0.853. The van der Waals surface area contributed by atoms with Crippen LogP contribution in [-0.4, -0.2) is 15.2 Å². The third-order valence-electron chi connectivity index (χ3n) is 2.88. The lowest BCUT2D eigenvalue weighted by atomic mass is 10.2.